The molecule has 100 valence electrons. The molecule has 0 saturated heterocycles. The molecule has 0 aliphatic heterocycles. The molecule has 0 unspecified atom stereocenters. The van der Waals surface area contributed by atoms with Crippen LogP contribution in [0.4, 0.5) is 0 Å². The van der Waals surface area contributed by atoms with Crippen molar-refractivity contribution in [2.45, 2.75) is 46.8 Å². The maximum Gasteiger partial charge on any atom is 0.254 e. The minimum atomic E-state index is -0.565. The van der Waals surface area contributed by atoms with Crippen molar-refractivity contribution in [2.24, 2.45) is 5.73 Å². The molecule has 5 nitrogen and oxygen atoms in total. The fourth-order valence-corrected chi connectivity index (χ4v) is 1.55. The van der Waals surface area contributed by atoms with Crippen LogP contribution in [0.1, 0.15) is 43.7 Å². The summed E-state index contributed by atoms with van der Waals surface area (Å²) in [6, 6.07) is 0. The number of primary amides is 1. The molecule has 1 rings (SSSR count). The summed E-state index contributed by atoms with van der Waals surface area (Å²) in [7, 11) is 0. The second kappa shape index (κ2) is 5.71. The summed E-state index contributed by atoms with van der Waals surface area (Å²) >= 11 is 0. The lowest BCUT2D eigenvalue weighted by molar-refractivity contribution is 0.0990. The SMILES string of the molecule is Cc1ncc(OC(C)C)c(OC(C)C)c1C(N)=O. The molecule has 0 spiro atoms. The highest BCUT2D eigenvalue weighted by molar-refractivity contribution is 5.97. The zero-order chi connectivity index (χ0) is 13.9. The van der Waals surface area contributed by atoms with Crippen molar-refractivity contribution in [2.75, 3.05) is 0 Å². The Labute approximate surface area is 107 Å². The Morgan fingerprint density at radius 1 is 1.22 bits per heavy atom. The van der Waals surface area contributed by atoms with E-state index in [1.165, 1.54) is 0 Å². The molecular weight excluding hydrogens is 232 g/mol. The monoisotopic (exact) mass is 252 g/mol. The molecule has 0 fully saturated rings. The smallest absolute Gasteiger partial charge is 0.254 e. The molecule has 1 aromatic rings. The van der Waals surface area contributed by atoms with Gasteiger partial charge in [-0.25, -0.2) is 0 Å². The lowest BCUT2D eigenvalue weighted by Crippen LogP contribution is -2.19. The van der Waals surface area contributed by atoms with Gasteiger partial charge >= 0.3 is 0 Å². The fourth-order valence-electron chi connectivity index (χ4n) is 1.55. The van der Waals surface area contributed by atoms with Crippen molar-refractivity contribution < 1.29 is 14.3 Å². The molecule has 1 heterocycles. The highest BCUT2D eigenvalue weighted by atomic mass is 16.5. The molecule has 5 heteroatoms. The number of carbonyl (C=O) groups is 1. The first-order valence-corrected chi connectivity index (χ1v) is 5.95. The van der Waals surface area contributed by atoms with E-state index in [0.717, 1.165) is 0 Å². The minimum Gasteiger partial charge on any atom is -0.486 e. The van der Waals surface area contributed by atoms with Crippen molar-refractivity contribution in [3.05, 3.63) is 17.5 Å². The number of aromatic nitrogens is 1. The molecule has 18 heavy (non-hydrogen) atoms. The number of pyridine rings is 1. The highest BCUT2D eigenvalue weighted by Crippen LogP contribution is 2.33. The van der Waals surface area contributed by atoms with Gasteiger partial charge in [0.05, 0.1) is 24.1 Å². The molecule has 0 radical (unpaired) electrons. The molecule has 0 bridgehead atoms. The quantitative estimate of drug-likeness (QED) is 0.870. The fraction of sp³-hybridized carbons (Fsp3) is 0.538. The van der Waals surface area contributed by atoms with Crippen LogP contribution in [0, 0.1) is 6.92 Å². The largest absolute Gasteiger partial charge is 0.486 e. The van der Waals surface area contributed by atoms with Gasteiger partial charge in [-0.15, -0.1) is 0 Å². The number of hydrogen-bond donors (Lipinski definition) is 1. The Bertz CT molecular complexity index is 442. The number of nitrogens with zero attached hydrogens (tertiary/aromatic N) is 1. The summed E-state index contributed by atoms with van der Waals surface area (Å²) < 4.78 is 11.3. The van der Waals surface area contributed by atoms with Gasteiger partial charge in [-0.05, 0) is 34.6 Å². The predicted octanol–water partition coefficient (Wildman–Crippen LogP) is 2.06. The third-order valence-corrected chi connectivity index (χ3v) is 2.15. The second-order valence-corrected chi connectivity index (χ2v) is 4.61. The normalized spacial score (nSPS) is 10.8. The second-order valence-electron chi connectivity index (χ2n) is 4.61. The Morgan fingerprint density at radius 3 is 2.22 bits per heavy atom. The Kier molecular flexibility index (Phi) is 4.53. The van der Waals surface area contributed by atoms with Crippen LogP contribution in [0.15, 0.2) is 6.20 Å². The number of amides is 1. The summed E-state index contributed by atoms with van der Waals surface area (Å²) in [5.41, 5.74) is 6.19. The van der Waals surface area contributed by atoms with Crippen molar-refractivity contribution in [3.63, 3.8) is 0 Å². The van der Waals surface area contributed by atoms with E-state index >= 15 is 0 Å². The molecule has 0 aliphatic carbocycles. The average Bonchev–Trinajstić information content (AvgIpc) is 2.20. The summed E-state index contributed by atoms with van der Waals surface area (Å²) in [4.78, 5) is 15.6. The van der Waals surface area contributed by atoms with E-state index in [9.17, 15) is 4.79 Å². The number of nitrogens with two attached hydrogens (primary N) is 1. The van der Waals surface area contributed by atoms with Gasteiger partial charge in [0.2, 0.25) is 0 Å². The van der Waals surface area contributed by atoms with Crippen LogP contribution in [0.25, 0.3) is 0 Å². The number of hydrogen-bond acceptors (Lipinski definition) is 4. The molecular formula is C13H20N2O3. The van der Waals surface area contributed by atoms with E-state index in [4.69, 9.17) is 15.2 Å². The van der Waals surface area contributed by atoms with Gasteiger partial charge in [0, 0.05) is 0 Å². The van der Waals surface area contributed by atoms with Gasteiger partial charge in [0.25, 0.3) is 5.91 Å². The average molecular weight is 252 g/mol. The van der Waals surface area contributed by atoms with Crippen LogP contribution in [0.5, 0.6) is 11.5 Å². The van der Waals surface area contributed by atoms with Crippen molar-refractivity contribution in [1.82, 2.24) is 4.98 Å². The summed E-state index contributed by atoms with van der Waals surface area (Å²) in [5, 5.41) is 0. The van der Waals surface area contributed by atoms with Gasteiger partial charge in [-0.3, -0.25) is 9.78 Å². The van der Waals surface area contributed by atoms with E-state index < -0.39 is 5.91 Å². The number of aryl methyl sites for hydroxylation is 1. The van der Waals surface area contributed by atoms with E-state index in [1.54, 1.807) is 13.1 Å². The molecule has 0 aliphatic rings. The van der Waals surface area contributed by atoms with E-state index in [1.807, 2.05) is 27.7 Å². The van der Waals surface area contributed by atoms with E-state index in [-0.39, 0.29) is 17.8 Å². The first kappa shape index (κ1) is 14.3. The molecule has 2 N–H and O–H groups in total. The van der Waals surface area contributed by atoms with Gasteiger partial charge < -0.3 is 15.2 Å². The molecule has 1 aromatic heterocycles. The Hall–Kier alpha value is -1.78. The minimum absolute atomic E-state index is 0.0373. The van der Waals surface area contributed by atoms with Crippen LogP contribution < -0.4 is 15.2 Å². The van der Waals surface area contributed by atoms with E-state index in [2.05, 4.69) is 4.98 Å². The van der Waals surface area contributed by atoms with Gasteiger partial charge in [0.1, 0.15) is 5.56 Å². The van der Waals surface area contributed by atoms with Gasteiger partial charge in [-0.1, -0.05) is 0 Å². The van der Waals surface area contributed by atoms with Crippen LogP contribution in [0.3, 0.4) is 0 Å². The first-order valence-electron chi connectivity index (χ1n) is 5.95. The van der Waals surface area contributed by atoms with E-state index in [0.29, 0.717) is 17.2 Å². The standard InChI is InChI=1S/C13H20N2O3/c1-7(2)17-10-6-15-9(5)11(13(14)16)12(10)18-8(3)4/h6-8H,1-5H3,(H2,14,16). The number of carbonyl (C=O) groups excluding carboxylic acids is 1. The zero-order valence-electron chi connectivity index (χ0n) is 11.5. The summed E-state index contributed by atoms with van der Waals surface area (Å²) in [6.45, 7) is 9.25. The Morgan fingerprint density at radius 2 is 1.78 bits per heavy atom. The maximum atomic E-state index is 11.5. The predicted molar refractivity (Wildman–Crippen MR) is 69.0 cm³/mol. The third-order valence-electron chi connectivity index (χ3n) is 2.15. The topological polar surface area (TPSA) is 74.4 Å². The molecule has 0 saturated carbocycles. The lowest BCUT2D eigenvalue weighted by atomic mass is 10.1. The maximum absolute atomic E-state index is 11.5. The van der Waals surface area contributed by atoms with Crippen LogP contribution in [-0.2, 0) is 0 Å². The van der Waals surface area contributed by atoms with Crippen molar-refractivity contribution in [3.8, 4) is 11.5 Å². The van der Waals surface area contributed by atoms with Crippen molar-refractivity contribution >= 4 is 5.91 Å². The zero-order valence-corrected chi connectivity index (χ0v) is 11.5. The molecule has 1 amide bonds. The Balaban J connectivity index is 3.33. The first-order chi connectivity index (χ1) is 8.32. The molecule has 0 atom stereocenters. The van der Waals surface area contributed by atoms with Crippen LogP contribution in [-0.4, -0.2) is 23.1 Å². The summed E-state index contributed by atoms with van der Waals surface area (Å²) in [5.74, 6) is 0.252. The highest BCUT2D eigenvalue weighted by Gasteiger charge is 2.21. The third kappa shape index (κ3) is 3.35. The van der Waals surface area contributed by atoms with Gasteiger partial charge in [0.15, 0.2) is 11.5 Å². The molecule has 0 aromatic carbocycles. The van der Waals surface area contributed by atoms with Crippen LogP contribution in [0.2, 0.25) is 0 Å². The number of rotatable bonds is 5. The summed E-state index contributed by atoms with van der Waals surface area (Å²) in [6.07, 6.45) is 1.43. The number of ether oxygens (including phenoxy) is 2. The van der Waals surface area contributed by atoms with Crippen LogP contribution >= 0.6 is 0 Å². The lowest BCUT2D eigenvalue weighted by Gasteiger charge is -2.19. The van der Waals surface area contributed by atoms with Gasteiger partial charge in [-0.2, -0.15) is 0 Å². The van der Waals surface area contributed by atoms with Crippen molar-refractivity contribution in [1.29, 1.82) is 0 Å².